The Balaban J connectivity index is 2.16. The van der Waals surface area contributed by atoms with Gasteiger partial charge < -0.3 is 9.31 Å². The van der Waals surface area contributed by atoms with Gasteiger partial charge in [0.25, 0.3) is 0 Å². The summed E-state index contributed by atoms with van der Waals surface area (Å²) < 4.78 is 10.9. The zero-order valence-electron chi connectivity index (χ0n) is 8.06. The second-order valence-corrected chi connectivity index (χ2v) is 3.28. The van der Waals surface area contributed by atoms with E-state index in [9.17, 15) is 0 Å². The Morgan fingerprint density at radius 1 is 1.21 bits per heavy atom. The van der Waals surface area contributed by atoms with Gasteiger partial charge in [-0.1, -0.05) is 36.4 Å². The van der Waals surface area contributed by atoms with Crippen LogP contribution in [0.15, 0.2) is 43.0 Å². The molecule has 0 aromatic heterocycles. The molecule has 1 aliphatic heterocycles. The van der Waals surface area contributed by atoms with Gasteiger partial charge in [0.15, 0.2) is 0 Å². The maximum Gasteiger partial charge on any atom is 0.469 e. The van der Waals surface area contributed by atoms with Crippen LogP contribution in [0.3, 0.4) is 0 Å². The standard InChI is InChI=1S/C11H13BO2/c1-2-11(12-13-8-9-14-12)10-6-4-3-5-7-10/h2-7,11H,1,8-9H2. The molecular weight excluding hydrogens is 175 g/mol. The van der Waals surface area contributed by atoms with Crippen molar-refractivity contribution in [1.82, 2.24) is 0 Å². The zero-order chi connectivity index (χ0) is 9.80. The molecule has 0 saturated carbocycles. The third-order valence-corrected chi connectivity index (χ3v) is 2.38. The fourth-order valence-corrected chi connectivity index (χ4v) is 1.66. The molecule has 0 aliphatic carbocycles. The Morgan fingerprint density at radius 2 is 1.86 bits per heavy atom. The molecule has 3 heteroatoms. The Morgan fingerprint density at radius 3 is 2.43 bits per heavy atom. The third kappa shape index (κ3) is 1.89. The van der Waals surface area contributed by atoms with Crippen molar-refractivity contribution in [3.63, 3.8) is 0 Å². The van der Waals surface area contributed by atoms with Crippen molar-refractivity contribution in [3.8, 4) is 0 Å². The molecule has 2 nitrogen and oxygen atoms in total. The summed E-state index contributed by atoms with van der Waals surface area (Å²) in [4.78, 5) is 0. The molecule has 1 heterocycles. The van der Waals surface area contributed by atoms with Crippen LogP contribution < -0.4 is 0 Å². The maximum absolute atomic E-state index is 5.47. The fraction of sp³-hybridized carbons (Fsp3) is 0.273. The molecule has 0 radical (unpaired) electrons. The van der Waals surface area contributed by atoms with Gasteiger partial charge in [0.1, 0.15) is 0 Å². The molecular formula is C11H13BO2. The zero-order valence-corrected chi connectivity index (χ0v) is 8.06. The predicted octanol–water partition coefficient (Wildman–Crippen LogP) is 2.03. The predicted molar refractivity (Wildman–Crippen MR) is 57.0 cm³/mol. The molecule has 1 aromatic carbocycles. The van der Waals surface area contributed by atoms with Crippen LogP contribution in [0.2, 0.25) is 0 Å². The SMILES string of the molecule is C=CC(B1OCCO1)c1ccccc1. The van der Waals surface area contributed by atoms with E-state index < -0.39 is 0 Å². The van der Waals surface area contributed by atoms with Crippen molar-refractivity contribution in [2.24, 2.45) is 0 Å². The summed E-state index contributed by atoms with van der Waals surface area (Å²) in [5.74, 6) is 0.138. The highest BCUT2D eigenvalue weighted by atomic mass is 16.6. The van der Waals surface area contributed by atoms with Crippen LogP contribution in [0, 0.1) is 0 Å². The van der Waals surface area contributed by atoms with Crippen LogP contribution >= 0.6 is 0 Å². The van der Waals surface area contributed by atoms with Gasteiger partial charge in [0.2, 0.25) is 0 Å². The van der Waals surface area contributed by atoms with Gasteiger partial charge >= 0.3 is 7.12 Å². The fourth-order valence-electron chi connectivity index (χ4n) is 1.66. The average Bonchev–Trinajstić information content (AvgIpc) is 2.74. The smallest absolute Gasteiger partial charge is 0.408 e. The van der Waals surface area contributed by atoms with Crippen LogP contribution in [0.4, 0.5) is 0 Å². The van der Waals surface area contributed by atoms with Crippen LogP contribution in [0.1, 0.15) is 11.4 Å². The second kappa shape index (κ2) is 4.44. The van der Waals surface area contributed by atoms with Crippen molar-refractivity contribution < 1.29 is 9.31 Å². The summed E-state index contributed by atoms with van der Waals surface area (Å²) in [6.07, 6.45) is 1.88. The van der Waals surface area contributed by atoms with E-state index in [1.165, 1.54) is 5.56 Å². The molecule has 72 valence electrons. The molecule has 1 aliphatic rings. The van der Waals surface area contributed by atoms with Gasteiger partial charge in [0, 0.05) is 5.82 Å². The van der Waals surface area contributed by atoms with Crippen LogP contribution in [0.5, 0.6) is 0 Å². The van der Waals surface area contributed by atoms with Gasteiger partial charge in [-0.15, -0.1) is 6.58 Å². The summed E-state index contributed by atoms with van der Waals surface area (Å²) >= 11 is 0. The highest BCUT2D eigenvalue weighted by Gasteiger charge is 2.32. The second-order valence-electron chi connectivity index (χ2n) is 3.28. The van der Waals surface area contributed by atoms with E-state index in [4.69, 9.17) is 9.31 Å². The Kier molecular flexibility index (Phi) is 3.01. The minimum absolute atomic E-state index is 0.138. The van der Waals surface area contributed by atoms with E-state index in [1.54, 1.807) is 0 Å². The van der Waals surface area contributed by atoms with Gasteiger partial charge in [-0.3, -0.25) is 0 Å². The number of hydrogen-bond acceptors (Lipinski definition) is 2. The lowest BCUT2D eigenvalue weighted by molar-refractivity contribution is 0.365. The first kappa shape index (κ1) is 9.50. The normalized spacial score (nSPS) is 18.1. The Bertz CT molecular complexity index is 293. The molecule has 0 spiro atoms. The van der Waals surface area contributed by atoms with Crippen molar-refractivity contribution in [2.75, 3.05) is 13.2 Å². The molecule has 0 amide bonds. The van der Waals surface area contributed by atoms with E-state index >= 15 is 0 Å². The molecule has 1 fully saturated rings. The lowest BCUT2D eigenvalue weighted by Gasteiger charge is -2.14. The van der Waals surface area contributed by atoms with E-state index in [1.807, 2.05) is 24.3 Å². The summed E-state index contributed by atoms with van der Waals surface area (Å²) in [6, 6.07) is 10.2. The molecule has 14 heavy (non-hydrogen) atoms. The largest absolute Gasteiger partial charge is 0.469 e. The minimum Gasteiger partial charge on any atom is -0.408 e. The molecule has 1 atom stereocenters. The number of hydrogen-bond donors (Lipinski definition) is 0. The molecule has 1 unspecified atom stereocenters. The van der Waals surface area contributed by atoms with Crippen molar-refractivity contribution in [2.45, 2.75) is 5.82 Å². The van der Waals surface area contributed by atoms with E-state index in [2.05, 4.69) is 18.7 Å². The highest BCUT2D eigenvalue weighted by Crippen LogP contribution is 2.23. The molecule has 0 bridgehead atoms. The molecule has 2 rings (SSSR count). The summed E-state index contributed by atoms with van der Waals surface area (Å²) in [7, 11) is -0.158. The summed E-state index contributed by atoms with van der Waals surface area (Å²) in [5.41, 5.74) is 1.19. The Hall–Kier alpha value is -1.06. The van der Waals surface area contributed by atoms with Gasteiger partial charge in [-0.2, -0.15) is 0 Å². The van der Waals surface area contributed by atoms with E-state index in [-0.39, 0.29) is 12.9 Å². The molecule has 1 aromatic rings. The quantitative estimate of drug-likeness (QED) is 0.533. The van der Waals surface area contributed by atoms with Crippen LogP contribution in [0.25, 0.3) is 0 Å². The topological polar surface area (TPSA) is 18.5 Å². The van der Waals surface area contributed by atoms with Crippen molar-refractivity contribution in [1.29, 1.82) is 0 Å². The number of allylic oxidation sites excluding steroid dienone is 1. The number of rotatable bonds is 3. The molecule has 0 N–H and O–H groups in total. The van der Waals surface area contributed by atoms with Crippen LogP contribution in [-0.4, -0.2) is 20.3 Å². The first-order valence-electron chi connectivity index (χ1n) is 4.82. The number of benzene rings is 1. The maximum atomic E-state index is 5.47. The van der Waals surface area contributed by atoms with Gasteiger partial charge in [-0.05, 0) is 5.56 Å². The summed E-state index contributed by atoms with van der Waals surface area (Å²) in [6.45, 7) is 5.19. The lowest BCUT2D eigenvalue weighted by Crippen LogP contribution is -2.23. The summed E-state index contributed by atoms with van der Waals surface area (Å²) in [5, 5.41) is 0. The van der Waals surface area contributed by atoms with Crippen LogP contribution in [-0.2, 0) is 9.31 Å². The van der Waals surface area contributed by atoms with Crippen molar-refractivity contribution in [3.05, 3.63) is 48.6 Å². The molecule has 1 saturated heterocycles. The van der Waals surface area contributed by atoms with Crippen molar-refractivity contribution >= 4 is 7.12 Å². The first-order valence-corrected chi connectivity index (χ1v) is 4.82. The average molecular weight is 188 g/mol. The highest BCUT2D eigenvalue weighted by molar-refractivity contribution is 6.47. The minimum atomic E-state index is -0.158. The van der Waals surface area contributed by atoms with Gasteiger partial charge in [0.05, 0.1) is 13.2 Å². The van der Waals surface area contributed by atoms with Gasteiger partial charge in [-0.25, -0.2) is 0 Å². The van der Waals surface area contributed by atoms with E-state index in [0.29, 0.717) is 13.2 Å². The van der Waals surface area contributed by atoms with E-state index in [0.717, 1.165) is 0 Å². The lowest BCUT2D eigenvalue weighted by atomic mass is 9.68. The monoisotopic (exact) mass is 188 g/mol. The third-order valence-electron chi connectivity index (χ3n) is 2.38. The Labute approximate surface area is 84.7 Å². The first-order chi connectivity index (χ1) is 6.92.